The molecule has 0 unspecified atom stereocenters. The van der Waals surface area contributed by atoms with Crippen LogP contribution < -0.4 is 0 Å². The van der Waals surface area contributed by atoms with E-state index in [1.54, 1.807) is 11.8 Å². The van der Waals surface area contributed by atoms with Gasteiger partial charge in [0.2, 0.25) is 5.91 Å². The molecule has 1 aliphatic heterocycles. The summed E-state index contributed by atoms with van der Waals surface area (Å²) in [6.07, 6.45) is 1.98. The number of carbonyl (C=O) groups excluding carboxylic acids is 1. The average Bonchev–Trinajstić information content (AvgIpc) is 2.17. The number of carboxylic acids is 1. The number of piperidine rings is 1. The summed E-state index contributed by atoms with van der Waals surface area (Å²) in [7, 11) is 0. The molecular formula is C10H17NO4. The van der Waals surface area contributed by atoms with E-state index in [0.29, 0.717) is 13.2 Å². The number of likely N-dealkylation sites (tertiary alicyclic amines) is 1. The van der Waals surface area contributed by atoms with E-state index in [9.17, 15) is 9.59 Å². The summed E-state index contributed by atoms with van der Waals surface area (Å²) in [5.74, 6) is -0.589. The Labute approximate surface area is 89.0 Å². The third kappa shape index (κ3) is 4.29. The van der Waals surface area contributed by atoms with Gasteiger partial charge in [0.1, 0.15) is 6.61 Å². The summed E-state index contributed by atoms with van der Waals surface area (Å²) in [5.41, 5.74) is 0. The molecule has 5 nitrogen and oxygen atoms in total. The van der Waals surface area contributed by atoms with E-state index in [2.05, 4.69) is 0 Å². The van der Waals surface area contributed by atoms with Gasteiger partial charge < -0.3 is 14.7 Å². The minimum absolute atomic E-state index is 0.0814. The highest BCUT2D eigenvalue weighted by Gasteiger charge is 2.21. The quantitative estimate of drug-likeness (QED) is 0.734. The molecule has 1 saturated heterocycles. The number of aliphatic carboxylic acids is 1. The first-order chi connectivity index (χ1) is 7.09. The van der Waals surface area contributed by atoms with Gasteiger partial charge in [-0.3, -0.25) is 4.79 Å². The fourth-order valence-electron chi connectivity index (χ4n) is 1.80. The van der Waals surface area contributed by atoms with E-state index >= 15 is 0 Å². The smallest absolute Gasteiger partial charge is 0.329 e. The maximum absolute atomic E-state index is 11.1. The molecule has 0 aromatic rings. The van der Waals surface area contributed by atoms with E-state index in [0.717, 1.165) is 19.4 Å². The monoisotopic (exact) mass is 215 g/mol. The van der Waals surface area contributed by atoms with Gasteiger partial charge in [-0.25, -0.2) is 4.79 Å². The van der Waals surface area contributed by atoms with Crippen LogP contribution in [-0.2, 0) is 14.3 Å². The molecule has 5 heteroatoms. The Morgan fingerprint density at radius 1 is 1.53 bits per heavy atom. The lowest BCUT2D eigenvalue weighted by molar-refractivity contribution is -0.143. The number of nitrogens with zero attached hydrogens (tertiary/aromatic N) is 1. The van der Waals surface area contributed by atoms with Gasteiger partial charge in [0.05, 0.1) is 6.61 Å². The Hall–Kier alpha value is -1.10. The fraction of sp³-hybridized carbons (Fsp3) is 0.800. The van der Waals surface area contributed by atoms with Crippen molar-refractivity contribution in [2.45, 2.75) is 19.8 Å². The lowest BCUT2D eigenvalue weighted by atomic mass is 9.99. The zero-order valence-corrected chi connectivity index (χ0v) is 8.94. The normalized spacial score (nSPS) is 21.4. The van der Waals surface area contributed by atoms with Crippen LogP contribution in [0.5, 0.6) is 0 Å². The first-order valence-corrected chi connectivity index (χ1v) is 5.14. The second kappa shape index (κ2) is 5.70. The highest BCUT2D eigenvalue weighted by molar-refractivity contribution is 5.73. The van der Waals surface area contributed by atoms with E-state index in [1.807, 2.05) is 0 Å². The Morgan fingerprint density at radius 3 is 2.87 bits per heavy atom. The molecule has 1 rings (SSSR count). The Balaban J connectivity index is 2.24. The number of rotatable bonds is 4. The highest BCUT2D eigenvalue weighted by atomic mass is 16.5. The largest absolute Gasteiger partial charge is 0.480 e. The maximum atomic E-state index is 11.1. The van der Waals surface area contributed by atoms with Gasteiger partial charge in [-0.2, -0.15) is 0 Å². The molecule has 86 valence electrons. The number of carboxylic acid groups (broad SMARTS) is 1. The standard InChI is InChI=1S/C10H17NO4/c1-8(12)11-4-2-3-9(5-11)6-15-7-10(13)14/h9H,2-7H2,1H3,(H,13,14)/t9-/m1/s1. The van der Waals surface area contributed by atoms with Gasteiger partial charge in [0.25, 0.3) is 0 Å². The van der Waals surface area contributed by atoms with Crippen LogP contribution in [0.3, 0.4) is 0 Å². The molecule has 0 spiro atoms. The van der Waals surface area contributed by atoms with E-state index in [-0.39, 0.29) is 18.4 Å². The van der Waals surface area contributed by atoms with Crippen LogP contribution in [0.1, 0.15) is 19.8 Å². The Morgan fingerprint density at radius 2 is 2.27 bits per heavy atom. The molecule has 1 heterocycles. The molecule has 1 aliphatic rings. The summed E-state index contributed by atoms with van der Waals surface area (Å²) in [5, 5.41) is 8.39. The van der Waals surface area contributed by atoms with Crippen LogP contribution in [0.15, 0.2) is 0 Å². The molecule has 1 fully saturated rings. The SMILES string of the molecule is CC(=O)N1CCC[C@@H](COCC(=O)O)C1. The van der Waals surface area contributed by atoms with Gasteiger partial charge in [-0.05, 0) is 18.8 Å². The minimum atomic E-state index is -0.950. The fourth-order valence-corrected chi connectivity index (χ4v) is 1.80. The predicted molar refractivity (Wildman–Crippen MR) is 53.4 cm³/mol. The predicted octanol–water partition coefficient (Wildman–Crippen LogP) is 0.346. The molecule has 0 aromatic heterocycles. The molecule has 1 N–H and O–H groups in total. The lowest BCUT2D eigenvalue weighted by Gasteiger charge is -2.31. The van der Waals surface area contributed by atoms with Crippen LogP contribution in [0.4, 0.5) is 0 Å². The summed E-state index contributed by atoms with van der Waals surface area (Å²) >= 11 is 0. The third-order valence-corrected chi connectivity index (χ3v) is 2.54. The van der Waals surface area contributed by atoms with Crippen LogP contribution in [0.2, 0.25) is 0 Å². The van der Waals surface area contributed by atoms with E-state index in [1.165, 1.54) is 0 Å². The molecule has 0 saturated carbocycles. The van der Waals surface area contributed by atoms with Crippen molar-refractivity contribution in [3.05, 3.63) is 0 Å². The topological polar surface area (TPSA) is 66.8 Å². The van der Waals surface area contributed by atoms with Crippen molar-refractivity contribution in [3.8, 4) is 0 Å². The van der Waals surface area contributed by atoms with Crippen molar-refractivity contribution in [2.24, 2.45) is 5.92 Å². The number of hydrogen-bond acceptors (Lipinski definition) is 3. The van der Waals surface area contributed by atoms with Crippen molar-refractivity contribution in [3.63, 3.8) is 0 Å². The van der Waals surface area contributed by atoms with Crippen LogP contribution in [0, 0.1) is 5.92 Å². The van der Waals surface area contributed by atoms with Crippen molar-refractivity contribution in [1.29, 1.82) is 0 Å². The molecule has 0 bridgehead atoms. The van der Waals surface area contributed by atoms with Gasteiger partial charge in [-0.15, -0.1) is 0 Å². The number of amides is 1. The lowest BCUT2D eigenvalue weighted by Crippen LogP contribution is -2.40. The summed E-state index contributed by atoms with van der Waals surface area (Å²) < 4.78 is 5.03. The van der Waals surface area contributed by atoms with Crippen molar-refractivity contribution in [1.82, 2.24) is 4.90 Å². The number of ether oxygens (including phenoxy) is 1. The van der Waals surface area contributed by atoms with E-state index < -0.39 is 5.97 Å². The third-order valence-electron chi connectivity index (χ3n) is 2.54. The zero-order chi connectivity index (χ0) is 11.3. The van der Waals surface area contributed by atoms with Gasteiger partial charge in [0, 0.05) is 20.0 Å². The summed E-state index contributed by atoms with van der Waals surface area (Å²) in [6.45, 7) is 3.23. The maximum Gasteiger partial charge on any atom is 0.329 e. The number of hydrogen-bond donors (Lipinski definition) is 1. The van der Waals surface area contributed by atoms with Gasteiger partial charge in [-0.1, -0.05) is 0 Å². The first kappa shape index (κ1) is 12.0. The van der Waals surface area contributed by atoms with Crippen LogP contribution in [-0.4, -0.2) is 48.2 Å². The molecule has 0 radical (unpaired) electrons. The molecule has 15 heavy (non-hydrogen) atoms. The van der Waals surface area contributed by atoms with Crippen molar-refractivity contribution < 1.29 is 19.4 Å². The molecule has 0 aromatic carbocycles. The van der Waals surface area contributed by atoms with Crippen LogP contribution >= 0.6 is 0 Å². The minimum Gasteiger partial charge on any atom is -0.480 e. The second-order valence-corrected chi connectivity index (χ2v) is 3.88. The first-order valence-electron chi connectivity index (χ1n) is 5.14. The zero-order valence-electron chi connectivity index (χ0n) is 8.94. The molecule has 1 atom stereocenters. The average molecular weight is 215 g/mol. The van der Waals surface area contributed by atoms with Crippen LogP contribution in [0.25, 0.3) is 0 Å². The number of carbonyl (C=O) groups is 2. The Bertz CT molecular complexity index is 242. The molecule has 1 amide bonds. The van der Waals surface area contributed by atoms with E-state index in [4.69, 9.17) is 9.84 Å². The van der Waals surface area contributed by atoms with Crippen molar-refractivity contribution in [2.75, 3.05) is 26.3 Å². The Kier molecular flexibility index (Phi) is 4.55. The van der Waals surface area contributed by atoms with Gasteiger partial charge in [0.15, 0.2) is 0 Å². The molecular weight excluding hydrogens is 198 g/mol. The summed E-state index contributed by atoms with van der Waals surface area (Å²) in [4.78, 5) is 23.1. The summed E-state index contributed by atoms with van der Waals surface area (Å²) in [6, 6.07) is 0. The molecule has 0 aliphatic carbocycles. The highest BCUT2D eigenvalue weighted by Crippen LogP contribution is 2.16. The van der Waals surface area contributed by atoms with Gasteiger partial charge >= 0.3 is 5.97 Å². The second-order valence-electron chi connectivity index (χ2n) is 3.88. The van der Waals surface area contributed by atoms with Crippen molar-refractivity contribution >= 4 is 11.9 Å².